The Morgan fingerprint density at radius 2 is 1.94 bits per heavy atom. The molecule has 2 atom stereocenters. The van der Waals surface area contributed by atoms with Crippen LogP contribution in [0.2, 0.25) is 0 Å². The molecule has 1 heterocycles. The highest BCUT2D eigenvalue weighted by molar-refractivity contribution is 5.76. The van der Waals surface area contributed by atoms with Gasteiger partial charge in [-0.1, -0.05) is 6.07 Å². The number of piperidine rings is 1. The normalized spacial score (nSPS) is 21.2. The van der Waals surface area contributed by atoms with Gasteiger partial charge in [0.15, 0.2) is 0 Å². The van der Waals surface area contributed by atoms with Crippen LogP contribution in [0.4, 0.5) is 22.4 Å². The number of likely N-dealkylation sites (tertiary alicyclic amines) is 1. The second-order valence-electron chi connectivity index (χ2n) is 8.23. The van der Waals surface area contributed by atoms with E-state index in [-0.39, 0.29) is 36.0 Å². The fourth-order valence-electron chi connectivity index (χ4n) is 4.10. The third-order valence-electron chi connectivity index (χ3n) is 5.62. The number of urea groups is 1. The Morgan fingerprint density at radius 3 is 2.50 bits per heavy atom. The van der Waals surface area contributed by atoms with Gasteiger partial charge in [-0.25, -0.2) is 9.18 Å². The summed E-state index contributed by atoms with van der Waals surface area (Å²) in [7, 11) is 1.59. The van der Waals surface area contributed by atoms with E-state index in [1.807, 2.05) is 0 Å². The van der Waals surface area contributed by atoms with E-state index in [0.717, 1.165) is 25.0 Å². The van der Waals surface area contributed by atoms with Gasteiger partial charge in [-0.15, -0.1) is 13.2 Å². The van der Waals surface area contributed by atoms with Crippen LogP contribution >= 0.6 is 0 Å². The number of hydrogen-bond donors (Lipinski definition) is 1. The second kappa shape index (κ2) is 9.93. The Bertz CT molecular complexity index is 832. The van der Waals surface area contributed by atoms with Gasteiger partial charge in [0.1, 0.15) is 11.6 Å². The molecule has 2 aliphatic rings. The lowest BCUT2D eigenvalue weighted by Crippen LogP contribution is -2.57. The van der Waals surface area contributed by atoms with Crippen LogP contribution in [-0.4, -0.2) is 67.0 Å². The van der Waals surface area contributed by atoms with Crippen LogP contribution < -0.4 is 10.1 Å². The Morgan fingerprint density at radius 1 is 1.22 bits per heavy atom. The van der Waals surface area contributed by atoms with Gasteiger partial charge in [0.25, 0.3) is 0 Å². The first-order chi connectivity index (χ1) is 15.1. The highest BCUT2D eigenvalue weighted by atomic mass is 19.4. The molecule has 1 saturated carbocycles. The van der Waals surface area contributed by atoms with Gasteiger partial charge in [-0.05, 0) is 25.3 Å². The van der Waals surface area contributed by atoms with Crippen LogP contribution in [0.1, 0.15) is 31.7 Å². The van der Waals surface area contributed by atoms with E-state index in [0.29, 0.717) is 32.2 Å². The highest BCUT2D eigenvalue weighted by Gasteiger charge is 2.41. The number of hydrogen-bond acceptors (Lipinski definition) is 4. The number of carbonyl (C=O) groups excluding carboxylic acids is 2. The number of nitrogens with zero attached hydrogens (tertiary/aromatic N) is 2. The van der Waals surface area contributed by atoms with Crippen molar-refractivity contribution in [1.29, 1.82) is 0 Å². The first-order valence-corrected chi connectivity index (χ1v) is 10.4. The molecular weight excluding hydrogens is 434 g/mol. The Hall–Kier alpha value is -2.56. The molecule has 0 radical (unpaired) electrons. The number of nitrogens with one attached hydrogen (secondary N) is 1. The number of alkyl halides is 3. The number of rotatable bonds is 7. The van der Waals surface area contributed by atoms with E-state index in [1.165, 1.54) is 6.92 Å². The molecule has 1 saturated heterocycles. The summed E-state index contributed by atoms with van der Waals surface area (Å²) in [5.74, 6) is -1.56. The van der Waals surface area contributed by atoms with Crippen LogP contribution in [-0.2, 0) is 16.1 Å². The number of methoxy groups -OCH3 is 1. The minimum Gasteiger partial charge on any atom is -0.406 e. The smallest absolute Gasteiger partial charge is 0.406 e. The second-order valence-corrected chi connectivity index (χ2v) is 8.23. The lowest BCUT2D eigenvalue weighted by atomic mass is 9.93. The summed E-state index contributed by atoms with van der Waals surface area (Å²) < 4.78 is 60.0. The van der Waals surface area contributed by atoms with Crippen molar-refractivity contribution in [2.45, 2.75) is 51.2 Å². The standard InChI is InChI=1S/C21H27F4N3O4/c1-13(29)27-10-14(12-31-2)7-17(11-27)28(16-4-5-16)20(30)26-9-15-3-6-18(8-19(15)22)32-21(23,24)25/h3,6,8,14,16-17H,4-5,7,9-12H2,1-2H3,(H,26,30). The summed E-state index contributed by atoms with van der Waals surface area (Å²) in [6.45, 7) is 2.75. The summed E-state index contributed by atoms with van der Waals surface area (Å²) in [5, 5.41) is 2.67. The van der Waals surface area contributed by atoms with Crippen molar-refractivity contribution < 1.29 is 36.6 Å². The van der Waals surface area contributed by atoms with Crippen molar-refractivity contribution in [2.75, 3.05) is 26.8 Å². The first kappa shape index (κ1) is 24.1. The van der Waals surface area contributed by atoms with Gasteiger partial charge in [0, 0.05) is 57.3 Å². The maximum Gasteiger partial charge on any atom is 0.573 e. The van der Waals surface area contributed by atoms with Crippen LogP contribution in [0.15, 0.2) is 18.2 Å². The maximum atomic E-state index is 14.2. The Labute approximate surface area is 183 Å². The van der Waals surface area contributed by atoms with Crippen LogP contribution in [0.5, 0.6) is 5.75 Å². The van der Waals surface area contributed by atoms with Crippen molar-refractivity contribution in [2.24, 2.45) is 5.92 Å². The highest BCUT2D eigenvalue weighted by Crippen LogP contribution is 2.33. The fourth-order valence-corrected chi connectivity index (χ4v) is 4.10. The van der Waals surface area contributed by atoms with Crippen LogP contribution in [0, 0.1) is 11.7 Å². The molecule has 0 aromatic heterocycles. The van der Waals surface area contributed by atoms with Crippen molar-refractivity contribution in [3.05, 3.63) is 29.6 Å². The third-order valence-corrected chi connectivity index (χ3v) is 5.62. The van der Waals surface area contributed by atoms with Gasteiger partial charge in [-0.2, -0.15) is 0 Å². The van der Waals surface area contributed by atoms with E-state index in [2.05, 4.69) is 10.1 Å². The topological polar surface area (TPSA) is 71.1 Å². The monoisotopic (exact) mass is 461 g/mol. The predicted octanol–water partition coefficient (Wildman–Crippen LogP) is 3.28. The average molecular weight is 461 g/mol. The molecule has 7 nitrogen and oxygen atoms in total. The molecule has 11 heteroatoms. The molecule has 2 fully saturated rings. The molecule has 3 rings (SSSR count). The van der Waals surface area contributed by atoms with Gasteiger partial charge in [0.2, 0.25) is 5.91 Å². The Balaban J connectivity index is 1.66. The summed E-state index contributed by atoms with van der Waals surface area (Å²) in [6.07, 6.45) is -2.55. The molecule has 1 N–H and O–H groups in total. The van der Waals surface area contributed by atoms with E-state index >= 15 is 0 Å². The molecule has 178 valence electrons. The molecule has 1 aromatic rings. The minimum absolute atomic E-state index is 0.0369. The molecule has 1 aromatic carbocycles. The average Bonchev–Trinajstić information content (AvgIpc) is 3.51. The predicted molar refractivity (Wildman–Crippen MR) is 106 cm³/mol. The van der Waals surface area contributed by atoms with Gasteiger partial charge < -0.3 is 24.6 Å². The zero-order valence-electron chi connectivity index (χ0n) is 18.0. The number of ether oxygens (including phenoxy) is 2. The first-order valence-electron chi connectivity index (χ1n) is 10.4. The lowest BCUT2D eigenvalue weighted by Gasteiger charge is -2.42. The minimum atomic E-state index is -4.92. The fraction of sp³-hybridized carbons (Fsp3) is 0.619. The molecule has 32 heavy (non-hydrogen) atoms. The number of amides is 3. The summed E-state index contributed by atoms with van der Waals surface area (Å²) in [4.78, 5) is 28.4. The number of carbonyl (C=O) groups is 2. The van der Waals surface area contributed by atoms with Gasteiger partial charge >= 0.3 is 12.4 Å². The lowest BCUT2D eigenvalue weighted by molar-refractivity contribution is -0.274. The third kappa shape index (κ3) is 6.47. The van der Waals surface area contributed by atoms with Crippen LogP contribution in [0.25, 0.3) is 0 Å². The Kier molecular flexibility index (Phi) is 7.47. The molecular formula is C21H27F4N3O4. The van der Waals surface area contributed by atoms with E-state index in [1.54, 1.807) is 16.9 Å². The van der Waals surface area contributed by atoms with E-state index in [4.69, 9.17) is 4.74 Å². The molecule has 1 aliphatic heterocycles. The summed E-state index contributed by atoms with van der Waals surface area (Å²) in [5.41, 5.74) is 0.0369. The molecule has 2 unspecified atom stereocenters. The maximum absolute atomic E-state index is 14.2. The zero-order valence-corrected chi connectivity index (χ0v) is 18.0. The quantitative estimate of drug-likeness (QED) is 0.633. The largest absolute Gasteiger partial charge is 0.573 e. The number of benzene rings is 1. The SMILES string of the molecule is COCC1CC(N(C(=O)NCc2ccc(OC(F)(F)F)cc2F)C2CC2)CN(C(C)=O)C1. The van der Waals surface area contributed by atoms with Crippen molar-refractivity contribution in [1.82, 2.24) is 15.1 Å². The van der Waals surface area contributed by atoms with E-state index < -0.39 is 24.0 Å². The van der Waals surface area contributed by atoms with E-state index in [9.17, 15) is 27.2 Å². The number of halogens is 4. The molecule has 0 bridgehead atoms. The summed E-state index contributed by atoms with van der Waals surface area (Å²) in [6, 6.07) is 2.22. The van der Waals surface area contributed by atoms with Crippen LogP contribution in [0.3, 0.4) is 0 Å². The molecule has 1 aliphatic carbocycles. The zero-order chi connectivity index (χ0) is 23.5. The molecule has 0 spiro atoms. The van der Waals surface area contributed by atoms with Crippen molar-refractivity contribution >= 4 is 11.9 Å². The van der Waals surface area contributed by atoms with Gasteiger partial charge in [-0.3, -0.25) is 4.79 Å². The van der Waals surface area contributed by atoms with Crippen molar-refractivity contribution in [3.8, 4) is 5.75 Å². The summed E-state index contributed by atoms with van der Waals surface area (Å²) >= 11 is 0. The molecule has 3 amide bonds. The van der Waals surface area contributed by atoms with Gasteiger partial charge in [0.05, 0.1) is 12.6 Å². The van der Waals surface area contributed by atoms with Crippen molar-refractivity contribution in [3.63, 3.8) is 0 Å².